The number of rotatable bonds is 2. The molecule has 110 valence electrons. The van der Waals surface area contributed by atoms with Crippen molar-refractivity contribution < 1.29 is 9.32 Å². The zero-order valence-corrected chi connectivity index (χ0v) is 12.5. The van der Waals surface area contributed by atoms with Crippen LogP contribution in [0.5, 0.6) is 0 Å². The van der Waals surface area contributed by atoms with Crippen molar-refractivity contribution >= 4 is 5.91 Å². The Bertz CT molecular complexity index is 497. The number of likely N-dealkylation sites (N-methyl/N-ethyl adjacent to an activating group) is 1. The average Bonchev–Trinajstić information content (AvgIpc) is 3.04. The van der Waals surface area contributed by atoms with Gasteiger partial charge in [0.2, 0.25) is 0 Å². The van der Waals surface area contributed by atoms with Gasteiger partial charge in [-0.3, -0.25) is 4.79 Å². The first kappa shape index (κ1) is 13.6. The van der Waals surface area contributed by atoms with E-state index in [0.29, 0.717) is 17.7 Å². The Kier molecular flexibility index (Phi) is 3.54. The number of carbonyl (C=O) groups is 1. The maximum Gasteiger partial charge on any atom is 0.276 e. The Labute approximate surface area is 119 Å². The van der Waals surface area contributed by atoms with Crippen LogP contribution in [0.4, 0.5) is 0 Å². The topological polar surface area (TPSA) is 49.6 Å². The van der Waals surface area contributed by atoms with Crippen molar-refractivity contribution in [1.29, 1.82) is 0 Å². The lowest BCUT2D eigenvalue weighted by Crippen LogP contribution is -2.48. The Balaban J connectivity index is 1.76. The summed E-state index contributed by atoms with van der Waals surface area (Å²) in [7, 11) is 2.13. The molecule has 1 amide bonds. The van der Waals surface area contributed by atoms with Crippen LogP contribution in [0.15, 0.2) is 10.6 Å². The van der Waals surface area contributed by atoms with Crippen LogP contribution in [0.25, 0.3) is 0 Å². The van der Waals surface area contributed by atoms with Crippen LogP contribution in [0.2, 0.25) is 0 Å². The monoisotopic (exact) mass is 277 g/mol. The minimum absolute atomic E-state index is 0.0310. The summed E-state index contributed by atoms with van der Waals surface area (Å²) >= 11 is 0. The molecule has 20 heavy (non-hydrogen) atoms. The van der Waals surface area contributed by atoms with Gasteiger partial charge in [-0.2, -0.15) is 0 Å². The van der Waals surface area contributed by atoms with Gasteiger partial charge in [0.25, 0.3) is 5.91 Å². The lowest BCUT2D eigenvalue weighted by Gasteiger charge is -2.36. The fourth-order valence-corrected chi connectivity index (χ4v) is 3.36. The maximum absolute atomic E-state index is 12.6. The Hall–Kier alpha value is -1.36. The lowest BCUT2D eigenvalue weighted by molar-refractivity contribution is 0.0621. The minimum Gasteiger partial charge on any atom is -0.360 e. The Morgan fingerprint density at radius 2 is 2.15 bits per heavy atom. The molecular formula is C15H23N3O2. The first-order valence-electron chi connectivity index (χ1n) is 7.52. The predicted molar refractivity (Wildman–Crippen MR) is 75.6 cm³/mol. The van der Waals surface area contributed by atoms with Crippen LogP contribution in [0.1, 0.15) is 48.9 Å². The molecule has 0 spiro atoms. The molecule has 5 nitrogen and oxygen atoms in total. The van der Waals surface area contributed by atoms with Gasteiger partial charge in [-0.15, -0.1) is 0 Å². The summed E-state index contributed by atoms with van der Waals surface area (Å²) in [5.41, 5.74) is 0.461. The van der Waals surface area contributed by atoms with Gasteiger partial charge < -0.3 is 14.3 Å². The van der Waals surface area contributed by atoms with Crippen molar-refractivity contribution in [3.63, 3.8) is 0 Å². The van der Waals surface area contributed by atoms with Gasteiger partial charge in [-0.1, -0.05) is 19.0 Å². The molecule has 5 heteroatoms. The average molecular weight is 277 g/mol. The van der Waals surface area contributed by atoms with E-state index in [2.05, 4.69) is 17.1 Å². The van der Waals surface area contributed by atoms with E-state index in [1.165, 1.54) is 6.42 Å². The van der Waals surface area contributed by atoms with Gasteiger partial charge in [0.05, 0.1) is 0 Å². The molecule has 0 bridgehead atoms. The number of fused-ring (bicyclic) bond motifs is 1. The van der Waals surface area contributed by atoms with Gasteiger partial charge in [-0.05, 0) is 32.4 Å². The van der Waals surface area contributed by atoms with E-state index in [4.69, 9.17) is 4.52 Å². The highest BCUT2D eigenvalue weighted by atomic mass is 16.5. The summed E-state index contributed by atoms with van der Waals surface area (Å²) in [4.78, 5) is 16.9. The van der Waals surface area contributed by atoms with Gasteiger partial charge in [0.1, 0.15) is 5.76 Å². The summed E-state index contributed by atoms with van der Waals surface area (Å²) in [6.45, 7) is 7.05. The molecule has 3 rings (SSSR count). The quantitative estimate of drug-likeness (QED) is 0.829. The second kappa shape index (κ2) is 5.20. The minimum atomic E-state index is 0.0310. The molecule has 2 fully saturated rings. The molecule has 0 N–H and O–H groups in total. The summed E-state index contributed by atoms with van der Waals surface area (Å²) in [5.74, 6) is 1.73. The van der Waals surface area contributed by atoms with Crippen LogP contribution in [-0.4, -0.2) is 53.6 Å². The lowest BCUT2D eigenvalue weighted by atomic mass is 9.92. The third-order valence-electron chi connectivity index (χ3n) is 4.64. The van der Waals surface area contributed by atoms with Crippen molar-refractivity contribution in [1.82, 2.24) is 15.0 Å². The van der Waals surface area contributed by atoms with Crippen molar-refractivity contribution in [3.8, 4) is 0 Å². The van der Waals surface area contributed by atoms with Crippen LogP contribution < -0.4 is 0 Å². The van der Waals surface area contributed by atoms with E-state index < -0.39 is 0 Å². The molecule has 3 heterocycles. The van der Waals surface area contributed by atoms with Gasteiger partial charge in [0.15, 0.2) is 5.69 Å². The van der Waals surface area contributed by atoms with E-state index in [0.717, 1.165) is 31.8 Å². The van der Waals surface area contributed by atoms with Gasteiger partial charge in [-0.25, -0.2) is 0 Å². The van der Waals surface area contributed by atoms with Crippen LogP contribution in [0.3, 0.4) is 0 Å². The fourth-order valence-electron chi connectivity index (χ4n) is 3.36. The number of hydrogen-bond donors (Lipinski definition) is 0. The van der Waals surface area contributed by atoms with Gasteiger partial charge >= 0.3 is 0 Å². The molecule has 0 radical (unpaired) electrons. The highest BCUT2D eigenvalue weighted by Crippen LogP contribution is 2.32. The summed E-state index contributed by atoms with van der Waals surface area (Å²) in [5, 5.41) is 3.96. The molecule has 0 aliphatic carbocycles. The summed E-state index contributed by atoms with van der Waals surface area (Å²) in [6, 6.07) is 2.15. The Morgan fingerprint density at radius 1 is 1.40 bits per heavy atom. The zero-order chi connectivity index (χ0) is 14.3. The predicted octanol–water partition coefficient (Wildman–Crippen LogP) is 1.96. The molecule has 2 saturated heterocycles. The molecule has 0 saturated carbocycles. The first-order valence-corrected chi connectivity index (χ1v) is 7.52. The van der Waals surface area contributed by atoms with Gasteiger partial charge in [0, 0.05) is 31.1 Å². The van der Waals surface area contributed by atoms with Crippen molar-refractivity contribution in [3.05, 3.63) is 17.5 Å². The molecule has 2 atom stereocenters. The van der Waals surface area contributed by atoms with E-state index in [-0.39, 0.29) is 11.8 Å². The van der Waals surface area contributed by atoms with E-state index >= 15 is 0 Å². The molecule has 1 aromatic heterocycles. The maximum atomic E-state index is 12.6. The normalized spacial score (nSPS) is 27.1. The zero-order valence-electron chi connectivity index (χ0n) is 12.5. The Morgan fingerprint density at radius 3 is 2.85 bits per heavy atom. The standard InChI is InChI=1S/C15H23N3O2/c1-10(2)14-8-12(16-20-14)15(19)18-7-5-11-4-6-17(3)9-13(11)18/h8,10-11,13H,4-7,9H2,1-3H3/t11-,13+/m0/s1. The number of piperidine rings is 1. The van der Waals surface area contributed by atoms with E-state index in [1.54, 1.807) is 6.07 Å². The highest BCUT2D eigenvalue weighted by molar-refractivity contribution is 5.92. The molecule has 0 unspecified atom stereocenters. The first-order chi connectivity index (χ1) is 9.56. The SMILES string of the molecule is CC(C)c1cc(C(=O)N2CC[C@@H]3CCN(C)C[C@H]32)no1. The number of amides is 1. The second-order valence-electron chi connectivity index (χ2n) is 6.43. The molecule has 2 aliphatic rings. The van der Waals surface area contributed by atoms with Crippen molar-refractivity contribution in [2.75, 3.05) is 26.7 Å². The second-order valence-corrected chi connectivity index (χ2v) is 6.43. The molecule has 0 aromatic carbocycles. The van der Waals surface area contributed by atoms with Crippen molar-refractivity contribution in [2.45, 2.75) is 38.6 Å². The third-order valence-corrected chi connectivity index (χ3v) is 4.64. The van der Waals surface area contributed by atoms with Crippen molar-refractivity contribution in [2.24, 2.45) is 5.92 Å². The van der Waals surface area contributed by atoms with E-state index in [1.807, 2.05) is 18.7 Å². The third kappa shape index (κ3) is 2.35. The van der Waals surface area contributed by atoms with Crippen LogP contribution in [-0.2, 0) is 0 Å². The summed E-state index contributed by atoms with van der Waals surface area (Å²) in [6.07, 6.45) is 2.32. The number of nitrogens with zero attached hydrogens (tertiary/aromatic N) is 3. The number of carbonyl (C=O) groups excluding carboxylic acids is 1. The van der Waals surface area contributed by atoms with E-state index in [9.17, 15) is 4.79 Å². The highest BCUT2D eigenvalue weighted by Gasteiger charge is 2.40. The van der Waals surface area contributed by atoms with Crippen LogP contribution >= 0.6 is 0 Å². The summed E-state index contributed by atoms with van der Waals surface area (Å²) < 4.78 is 5.26. The number of aromatic nitrogens is 1. The molecule has 2 aliphatic heterocycles. The number of hydrogen-bond acceptors (Lipinski definition) is 4. The molecule has 1 aromatic rings. The fraction of sp³-hybridized carbons (Fsp3) is 0.733. The molecular weight excluding hydrogens is 254 g/mol. The largest absolute Gasteiger partial charge is 0.360 e. The smallest absolute Gasteiger partial charge is 0.276 e. The number of likely N-dealkylation sites (tertiary alicyclic amines) is 2. The van der Waals surface area contributed by atoms with Crippen LogP contribution in [0, 0.1) is 5.92 Å².